The first-order chi connectivity index (χ1) is 14.7. The van der Waals surface area contributed by atoms with Gasteiger partial charge in [-0.2, -0.15) is 22.0 Å². The van der Waals surface area contributed by atoms with Gasteiger partial charge in [-0.1, -0.05) is 0 Å². The highest BCUT2D eigenvalue weighted by molar-refractivity contribution is 7.99. The van der Waals surface area contributed by atoms with Crippen LogP contribution >= 0.6 is 11.8 Å². The van der Waals surface area contributed by atoms with Crippen LogP contribution in [0.5, 0.6) is 0 Å². The predicted molar refractivity (Wildman–Crippen MR) is 117 cm³/mol. The van der Waals surface area contributed by atoms with Crippen molar-refractivity contribution in [3.8, 4) is 11.3 Å². The summed E-state index contributed by atoms with van der Waals surface area (Å²) in [6.07, 6.45) is 8.03. The average Bonchev–Trinajstić information content (AvgIpc) is 3.36. The first-order valence-electron chi connectivity index (χ1n) is 9.77. The lowest BCUT2D eigenvalue weighted by atomic mass is 10.2. The number of carbonyl (C=O) groups excluding carboxylic acids is 1. The van der Waals surface area contributed by atoms with Crippen LogP contribution in [0.15, 0.2) is 55.1 Å². The second-order valence-electron chi connectivity index (χ2n) is 6.86. The van der Waals surface area contributed by atoms with E-state index in [9.17, 15) is 4.79 Å². The van der Waals surface area contributed by atoms with Crippen LogP contribution in [0.25, 0.3) is 16.9 Å². The van der Waals surface area contributed by atoms with Gasteiger partial charge in [0, 0.05) is 61.7 Å². The largest absolute Gasteiger partial charge is 0.355 e. The molecule has 0 unspecified atom stereocenters. The van der Waals surface area contributed by atoms with Crippen molar-refractivity contribution in [2.75, 3.05) is 18.1 Å². The van der Waals surface area contributed by atoms with Crippen molar-refractivity contribution in [2.24, 2.45) is 0 Å². The molecule has 0 atom stereocenters. The fourth-order valence-corrected chi connectivity index (χ4v) is 3.77. The summed E-state index contributed by atoms with van der Waals surface area (Å²) in [6.45, 7) is 3.33. The highest BCUT2D eigenvalue weighted by Gasteiger charge is 2.07. The highest BCUT2D eigenvalue weighted by atomic mass is 32.2. The van der Waals surface area contributed by atoms with Gasteiger partial charge in [0.15, 0.2) is 5.65 Å². The van der Waals surface area contributed by atoms with Crippen molar-refractivity contribution in [1.82, 2.24) is 34.7 Å². The van der Waals surface area contributed by atoms with E-state index in [0.29, 0.717) is 18.7 Å². The second kappa shape index (κ2) is 9.53. The maximum atomic E-state index is 12.0. The number of aryl methyl sites for hydroxylation is 2. The highest BCUT2D eigenvalue weighted by Crippen LogP contribution is 2.16. The Hall–Kier alpha value is -3.20. The van der Waals surface area contributed by atoms with Gasteiger partial charge in [0.2, 0.25) is 5.91 Å². The SMILES string of the molecule is Cc1ccn(CCSCC(=O)NCCc2cc3nc(-c4ccncc4)ccn3n2)n1. The molecule has 0 aliphatic heterocycles. The van der Waals surface area contributed by atoms with Crippen LogP contribution in [-0.2, 0) is 17.8 Å². The minimum Gasteiger partial charge on any atom is -0.355 e. The van der Waals surface area contributed by atoms with Crippen LogP contribution < -0.4 is 5.32 Å². The lowest BCUT2D eigenvalue weighted by Gasteiger charge is -2.04. The molecule has 4 heterocycles. The van der Waals surface area contributed by atoms with Crippen LogP contribution in [0, 0.1) is 6.92 Å². The van der Waals surface area contributed by atoms with E-state index in [1.54, 1.807) is 28.7 Å². The maximum absolute atomic E-state index is 12.0. The molecule has 0 aliphatic carbocycles. The summed E-state index contributed by atoms with van der Waals surface area (Å²) in [5.41, 5.74) is 4.59. The van der Waals surface area contributed by atoms with Crippen molar-refractivity contribution in [3.05, 3.63) is 66.5 Å². The molecule has 4 aromatic heterocycles. The molecule has 4 rings (SSSR count). The summed E-state index contributed by atoms with van der Waals surface area (Å²) in [7, 11) is 0. The fraction of sp³-hybridized carbons (Fsp3) is 0.286. The normalized spacial score (nSPS) is 11.1. The fourth-order valence-electron chi connectivity index (χ4n) is 3.03. The lowest BCUT2D eigenvalue weighted by Crippen LogP contribution is -2.27. The van der Waals surface area contributed by atoms with Gasteiger partial charge < -0.3 is 5.32 Å². The number of nitrogens with zero attached hydrogens (tertiary/aromatic N) is 6. The van der Waals surface area contributed by atoms with E-state index in [1.807, 2.05) is 54.3 Å². The van der Waals surface area contributed by atoms with E-state index in [4.69, 9.17) is 0 Å². The zero-order chi connectivity index (χ0) is 20.8. The van der Waals surface area contributed by atoms with Gasteiger partial charge in [0.05, 0.1) is 22.8 Å². The zero-order valence-corrected chi connectivity index (χ0v) is 17.5. The minimum absolute atomic E-state index is 0.0403. The van der Waals surface area contributed by atoms with Gasteiger partial charge in [-0.05, 0) is 31.2 Å². The Kier molecular flexibility index (Phi) is 6.38. The number of amides is 1. The third-order valence-electron chi connectivity index (χ3n) is 4.53. The molecule has 1 N–H and O–H groups in total. The summed E-state index contributed by atoms with van der Waals surface area (Å²) >= 11 is 1.61. The van der Waals surface area contributed by atoms with Crippen molar-refractivity contribution in [2.45, 2.75) is 19.9 Å². The Balaban J connectivity index is 1.22. The van der Waals surface area contributed by atoms with E-state index < -0.39 is 0 Å². The van der Waals surface area contributed by atoms with E-state index in [-0.39, 0.29) is 5.91 Å². The molecule has 0 aliphatic rings. The molecule has 4 aromatic rings. The van der Waals surface area contributed by atoms with Crippen LogP contribution in [0.2, 0.25) is 0 Å². The Bertz CT molecular complexity index is 1120. The van der Waals surface area contributed by atoms with Gasteiger partial charge in [-0.15, -0.1) is 0 Å². The standard InChI is InChI=1S/C21H23N7OS/c1-16-5-10-27(25-16)12-13-30-15-21(29)23-9-4-18-14-20-24-19(6-11-28(20)26-18)17-2-7-22-8-3-17/h2-3,5-8,10-11,14H,4,9,12-13,15H2,1H3,(H,23,29). The van der Waals surface area contributed by atoms with E-state index in [1.165, 1.54) is 0 Å². The van der Waals surface area contributed by atoms with Crippen molar-refractivity contribution >= 4 is 23.3 Å². The first-order valence-corrected chi connectivity index (χ1v) is 10.9. The summed E-state index contributed by atoms with van der Waals surface area (Å²) in [6, 6.07) is 9.73. The van der Waals surface area contributed by atoms with Gasteiger partial charge in [-0.3, -0.25) is 14.5 Å². The monoisotopic (exact) mass is 421 g/mol. The zero-order valence-electron chi connectivity index (χ0n) is 16.7. The van der Waals surface area contributed by atoms with Crippen molar-refractivity contribution in [1.29, 1.82) is 0 Å². The van der Waals surface area contributed by atoms with E-state index >= 15 is 0 Å². The number of nitrogens with one attached hydrogen (secondary N) is 1. The molecule has 154 valence electrons. The molecule has 0 aromatic carbocycles. The summed E-state index contributed by atoms with van der Waals surface area (Å²) in [5.74, 6) is 1.34. The molecule has 0 fully saturated rings. The molecule has 0 saturated carbocycles. The molecule has 0 radical (unpaired) electrons. The van der Waals surface area contributed by atoms with Crippen molar-refractivity contribution in [3.63, 3.8) is 0 Å². The number of pyridine rings is 1. The Morgan fingerprint density at radius 2 is 2.00 bits per heavy atom. The average molecular weight is 422 g/mol. The number of carbonyl (C=O) groups is 1. The first kappa shape index (κ1) is 20.1. The Morgan fingerprint density at radius 1 is 1.13 bits per heavy atom. The number of fused-ring (bicyclic) bond motifs is 1. The topological polar surface area (TPSA) is 90.0 Å². The molecule has 8 nitrogen and oxygen atoms in total. The summed E-state index contributed by atoms with van der Waals surface area (Å²) in [4.78, 5) is 20.7. The summed E-state index contributed by atoms with van der Waals surface area (Å²) in [5, 5.41) is 11.8. The molecular weight excluding hydrogens is 398 g/mol. The number of hydrogen-bond acceptors (Lipinski definition) is 6. The predicted octanol–water partition coefficient (Wildman–Crippen LogP) is 2.39. The molecule has 9 heteroatoms. The number of hydrogen-bond donors (Lipinski definition) is 1. The van der Waals surface area contributed by atoms with Crippen LogP contribution in [0.3, 0.4) is 0 Å². The number of thioether (sulfide) groups is 1. The van der Waals surface area contributed by atoms with Gasteiger partial charge in [0.25, 0.3) is 0 Å². The molecule has 0 bridgehead atoms. The molecule has 1 amide bonds. The molecule has 0 saturated heterocycles. The minimum atomic E-state index is 0.0403. The maximum Gasteiger partial charge on any atom is 0.230 e. The van der Waals surface area contributed by atoms with Gasteiger partial charge in [0.1, 0.15) is 0 Å². The third kappa shape index (κ3) is 5.24. The number of rotatable bonds is 9. The van der Waals surface area contributed by atoms with Crippen LogP contribution in [-0.4, -0.2) is 53.3 Å². The quantitative estimate of drug-likeness (QED) is 0.418. The molecule has 30 heavy (non-hydrogen) atoms. The van der Waals surface area contributed by atoms with Crippen molar-refractivity contribution < 1.29 is 4.79 Å². The summed E-state index contributed by atoms with van der Waals surface area (Å²) < 4.78 is 3.66. The lowest BCUT2D eigenvalue weighted by molar-refractivity contribution is -0.118. The van der Waals surface area contributed by atoms with Gasteiger partial charge >= 0.3 is 0 Å². The smallest absolute Gasteiger partial charge is 0.230 e. The molecular formula is C21H23N7OS. The molecule has 0 spiro atoms. The number of aromatic nitrogens is 6. The van der Waals surface area contributed by atoms with Gasteiger partial charge in [-0.25, -0.2) is 9.50 Å². The second-order valence-corrected chi connectivity index (χ2v) is 7.97. The van der Waals surface area contributed by atoms with E-state index in [2.05, 4.69) is 25.5 Å². The van der Waals surface area contributed by atoms with Crippen LogP contribution in [0.4, 0.5) is 0 Å². The Morgan fingerprint density at radius 3 is 2.80 bits per heavy atom. The Labute approximate surface area is 178 Å². The third-order valence-corrected chi connectivity index (χ3v) is 5.46. The van der Waals surface area contributed by atoms with E-state index in [0.717, 1.165) is 40.6 Å². The van der Waals surface area contributed by atoms with Crippen LogP contribution in [0.1, 0.15) is 11.4 Å².